The first kappa shape index (κ1) is 23.7. The number of anilines is 1. The van der Waals surface area contributed by atoms with Crippen LogP contribution in [-0.2, 0) is 11.2 Å². The van der Waals surface area contributed by atoms with Crippen LogP contribution >= 0.6 is 22.9 Å². The number of hydrogen-bond acceptors (Lipinski definition) is 5. The van der Waals surface area contributed by atoms with Gasteiger partial charge in [0.2, 0.25) is 11.0 Å². The minimum atomic E-state index is -0.815. The number of amides is 2. The molecular weight excluding hydrogens is 492 g/mol. The summed E-state index contributed by atoms with van der Waals surface area (Å²) in [6, 6.07) is 29.3. The number of hydrogen-bond donors (Lipinski definition) is 2. The highest BCUT2D eigenvalue weighted by Crippen LogP contribution is 2.28. The number of benzene rings is 4. The van der Waals surface area contributed by atoms with Gasteiger partial charge >= 0.3 is 0 Å². The van der Waals surface area contributed by atoms with Crippen molar-refractivity contribution in [3.63, 3.8) is 0 Å². The molecule has 0 saturated heterocycles. The Morgan fingerprint density at radius 1 is 0.833 bits per heavy atom. The van der Waals surface area contributed by atoms with Gasteiger partial charge in [-0.1, -0.05) is 95.7 Å². The molecule has 0 bridgehead atoms. The van der Waals surface area contributed by atoms with Crippen LogP contribution in [0.4, 0.5) is 5.13 Å². The Hall–Kier alpha value is -4.07. The number of carbonyl (C=O) groups excluding carboxylic acids is 2. The van der Waals surface area contributed by atoms with E-state index in [9.17, 15) is 9.59 Å². The summed E-state index contributed by atoms with van der Waals surface area (Å²) in [7, 11) is 0. The van der Waals surface area contributed by atoms with Crippen LogP contribution < -0.4 is 10.6 Å². The molecule has 0 aliphatic heterocycles. The molecule has 5 rings (SSSR count). The second-order valence-corrected chi connectivity index (χ2v) is 9.60. The van der Waals surface area contributed by atoms with Crippen LogP contribution in [0.1, 0.15) is 15.9 Å². The summed E-state index contributed by atoms with van der Waals surface area (Å²) >= 11 is 7.32. The molecule has 2 amide bonds. The minimum Gasteiger partial charge on any atom is -0.340 e. The average Bonchev–Trinajstić information content (AvgIpc) is 3.37. The maximum Gasteiger partial charge on any atom is 0.251 e. The van der Waals surface area contributed by atoms with Gasteiger partial charge in [0.25, 0.3) is 5.91 Å². The molecule has 0 aliphatic carbocycles. The first-order valence-electron chi connectivity index (χ1n) is 11.3. The number of halogens is 1. The summed E-state index contributed by atoms with van der Waals surface area (Å²) < 4.78 is 0. The van der Waals surface area contributed by atoms with Crippen LogP contribution in [0.25, 0.3) is 21.3 Å². The van der Waals surface area contributed by atoms with E-state index in [-0.39, 0.29) is 11.8 Å². The number of rotatable bonds is 7. The van der Waals surface area contributed by atoms with E-state index in [4.69, 9.17) is 11.6 Å². The predicted octanol–water partition coefficient (Wildman–Crippen LogP) is 5.99. The Labute approximate surface area is 217 Å². The fraction of sp³-hybridized carbons (Fsp3) is 0.0714. The van der Waals surface area contributed by atoms with Crippen molar-refractivity contribution in [2.45, 2.75) is 12.5 Å². The van der Waals surface area contributed by atoms with E-state index in [1.807, 2.05) is 78.9 Å². The van der Waals surface area contributed by atoms with Gasteiger partial charge in [-0.15, -0.1) is 10.2 Å². The molecule has 8 heteroatoms. The largest absolute Gasteiger partial charge is 0.340 e. The summed E-state index contributed by atoms with van der Waals surface area (Å²) in [6.45, 7) is 0. The maximum absolute atomic E-state index is 13.3. The molecule has 1 aromatic heterocycles. The maximum atomic E-state index is 13.3. The molecule has 178 valence electrons. The van der Waals surface area contributed by atoms with Gasteiger partial charge in [-0.05, 0) is 40.6 Å². The molecule has 1 heterocycles. The van der Waals surface area contributed by atoms with Crippen LogP contribution in [-0.4, -0.2) is 28.1 Å². The van der Waals surface area contributed by atoms with Crippen molar-refractivity contribution in [1.29, 1.82) is 0 Å². The van der Waals surface area contributed by atoms with E-state index in [1.165, 1.54) is 11.3 Å². The second kappa shape index (κ2) is 10.7. The topological polar surface area (TPSA) is 84.0 Å². The summed E-state index contributed by atoms with van der Waals surface area (Å²) in [6.07, 6.45) is 0.325. The smallest absolute Gasteiger partial charge is 0.251 e. The molecule has 36 heavy (non-hydrogen) atoms. The van der Waals surface area contributed by atoms with Gasteiger partial charge in [-0.2, -0.15) is 0 Å². The van der Waals surface area contributed by atoms with Crippen molar-refractivity contribution in [3.8, 4) is 10.6 Å². The molecule has 0 saturated carbocycles. The predicted molar refractivity (Wildman–Crippen MR) is 144 cm³/mol. The van der Waals surface area contributed by atoms with Crippen molar-refractivity contribution < 1.29 is 9.59 Å². The van der Waals surface area contributed by atoms with Gasteiger partial charge in [0.15, 0.2) is 0 Å². The number of nitrogens with zero attached hydrogens (tertiary/aromatic N) is 2. The molecule has 4 aromatic carbocycles. The molecule has 0 radical (unpaired) electrons. The third-order valence-corrected chi connectivity index (χ3v) is 6.77. The summed E-state index contributed by atoms with van der Waals surface area (Å²) in [5.74, 6) is -0.699. The summed E-state index contributed by atoms with van der Waals surface area (Å²) in [4.78, 5) is 26.4. The van der Waals surface area contributed by atoms with Gasteiger partial charge < -0.3 is 5.32 Å². The Bertz CT molecular complexity index is 1540. The third kappa shape index (κ3) is 5.59. The molecular formula is C28H21ClN4O2S. The molecule has 0 spiro atoms. The second-order valence-electron chi connectivity index (χ2n) is 8.19. The Balaban J connectivity index is 1.36. The molecule has 0 aliphatic rings. The lowest BCUT2D eigenvalue weighted by Gasteiger charge is -2.18. The third-order valence-electron chi connectivity index (χ3n) is 5.64. The highest BCUT2D eigenvalue weighted by molar-refractivity contribution is 7.18. The highest BCUT2D eigenvalue weighted by atomic mass is 35.5. The number of nitrogens with one attached hydrogen (secondary N) is 2. The lowest BCUT2D eigenvalue weighted by molar-refractivity contribution is -0.118. The average molecular weight is 513 g/mol. The lowest BCUT2D eigenvalue weighted by atomic mass is 10.0. The van der Waals surface area contributed by atoms with Crippen molar-refractivity contribution in [3.05, 3.63) is 113 Å². The van der Waals surface area contributed by atoms with E-state index >= 15 is 0 Å². The van der Waals surface area contributed by atoms with Crippen LogP contribution in [0.5, 0.6) is 0 Å². The van der Waals surface area contributed by atoms with Gasteiger partial charge in [0.05, 0.1) is 0 Å². The normalized spacial score (nSPS) is 11.7. The van der Waals surface area contributed by atoms with Gasteiger partial charge in [-0.3, -0.25) is 14.9 Å². The van der Waals surface area contributed by atoms with Crippen molar-refractivity contribution in [2.24, 2.45) is 0 Å². The SMILES string of the molecule is O=C(NC(Cc1ccccc1)C(=O)Nc1nnc(-c2cccc(Cl)c2)s1)c1ccc2ccccc2c1. The van der Waals surface area contributed by atoms with E-state index in [1.54, 1.807) is 18.2 Å². The van der Waals surface area contributed by atoms with Crippen molar-refractivity contribution in [2.75, 3.05) is 5.32 Å². The summed E-state index contributed by atoms with van der Waals surface area (Å²) in [5.41, 5.74) is 2.22. The molecule has 1 unspecified atom stereocenters. The monoisotopic (exact) mass is 512 g/mol. The van der Waals surface area contributed by atoms with E-state index in [2.05, 4.69) is 20.8 Å². The van der Waals surface area contributed by atoms with Crippen LogP contribution in [0, 0.1) is 0 Å². The van der Waals surface area contributed by atoms with Crippen LogP contribution in [0.3, 0.4) is 0 Å². The number of aromatic nitrogens is 2. The molecule has 2 N–H and O–H groups in total. The van der Waals surface area contributed by atoms with Crippen molar-refractivity contribution in [1.82, 2.24) is 15.5 Å². The fourth-order valence-electron chi connectivity index (χ4n) is 3.84. The molecule has 5 aromatic rings. The van der Waals surface area contributed by atoms with E-state index in [0.29, 0.717) is 27.1 Å². The zero-order chi connectivity index (χ0) is 24.9. The Morgan fingerprint density at radius 3 is 2.42 bits per heavy atom. The van der Waals surface area contributed by atoms with E-state index < -0.39 is 6.04 Å². The summed E-state index contributed by atoms with van der Waals surface area (Å²) in [5, 5.41) is 17.5. The minimum absolute atomic E-state index is 0.325. The Kier molecular flexibility index (Phi) is 7.02. The highest BCUT2D eigenvalue weighted by Gasteiger charge is 2.23. The lowest BCUT2D eigenvalue weighted by Crippen LogP contribution is -2.45. The van der Waals surface area contributed by atoms with Crippen molar-refractivity contribution >= 4 is 50.7 Å². The van der Waals surface area contributed by atoms with E-state index in [0.717, 1.165) is 21.9 Å². The quantitative estimate of drug-likeness (QED) is 0.280. The molecule has 1 atom stereocenters. The van der Waals surface area contributed by atoms with Crippen LogP contribution in [0.15, 0.2) is 97.1 Å². The van der Waals surface area contributed by atoms with Gasteiger partial charge in [-0.25, -0.2) is 0 Å². The standard InChI is InChI=1S/C28H21ClN4O2S/c29-23-12-6-11-22(17-23)27-32-33-28(36-27)31-26(35)24(15-18-7-2-1-3-8-18)30-25(34)21-14-13-19-9-4-5-10-20(19)16-21/h1-14,16-17,24H,15H2,(H,30,34)(H,31,33,35). The Morgan fingerprint density at radius 2 is 1.61 bits per heavy atom. The first-order valence-corrected chi connectivity index (χ1v) is 12.5. The molecule has 6 nitrogen and oxygen atoms in total. The zero-order valence-electron chi connectivity index (χ0n) is 19.0. The number of carbonyl (C=O) groups is 2. The van der Waals surface area contributed by atoms with Gasteiger partial charge in [0, 0.05) is 22.6 Å². The first-order chi connectivity index (χ1) is 17.5. The van der Waals surface area contributed by atoms with Gasteiger partial charge in [0.1, 0.15) is 11.0 Å². The molecule has 0 fully saturated rings. The zero-order valence-corrected chi connectivity index (χ0v) is 20.6. The van der Waals surface area contributed by atoms with Crippen LogP contribution in [0.2, 0.25) is 5.02 Å². The number of fused-ring (bicyclic) bond motifs is 1. The fourth-order valence-corrected chi connectivity index (χ4v) is 4.77.